The lowest BCUT2D eigenvalue weighted by Gasteiger charge is -2.09. The van der Waals surface area contributed by atoms with Crippen LogP contribution in [-0.2, 0) is 0 Å². The Labute approximate surface area is 207 Å². The van der Waals surface area contributed by atoms with Gasteiger partial charge in [-0.25, -0.2) is 9.07 Å². The third-order valence-electron chi connectivity index (χ3n) is 6.11. The third-order valence-corrected chi connectivity index (χ3v) is 6.11. The molecule has 0 saturated carbocycles. The second-order valence-corrected chi connectivity index (χ2v) is 8.67. The maximum atomic E-state index is 14.8. The average Bonchev–Trinajstić information content (AvgIpc) is 3.22. The molecule has 0 spiro atoms. The number of hydrogen-bond donors (Lipinski definition) is 2. The Balaban J connectivity index is 1.57. The molecule has 4 aromatic carbocycles. The summed E-state index contributed by atoms with van der Waals surface area (Å²) in [5, 5.41) is 6.01. The van der Waals surface area contributed by atoms with Gasteiger partial charge in [-0.1, -0.05) is 54.6 Å². The summed E-state index contributed by atoms with van der Waals surface area (Å²) in [5.41, 5.74) is 5.06. The number of carbonyl (C=O) groups is 1. The second kappa shape index (κ2) is 9.50. The summed E-state index contributed by atoms with van der Waals surface area (Å²) in [5.74, 6) is -0.644. The summed E-state index contributed by atoms with van der Waals surface area (Å²) in [7, 11) is 0. The standard InChI is InChI=1S/C30H24FN3O2/c1-19-8-7-10-23(18-19)34-30(36)27(28(33-34)25-12-5-6-13-26(25)31)21-14-16-22(17-15-21)32-29(35)24-11-4-3-9-20(24)2/h3-18,33H,1-2H3,(H,32,35). The summed E-state index contributed by atoms with van der Waals surface area (Å²) in [6.45, 7) is 3.83. The van der Waals surface area contributed by atoms with Gasteiger partial charge in [-0.05, 0) is 73.0 Å². The fourth-order valence-corrected chi connectivity index (χ4v) is 4.26. The van der Waals surface area contributed by atoms with E-state index in [0.29, 0.717) is 39.3 Å². The number of aryl methyl sites for hydroxylation is 2. The van der Waals surface area contributed by atoms with Crippen LogP contribution in [0.3, 0.4) is 0 Å². The highest BCUT2D eigenvalue weighted by Crippen LogP contribution is 2.31. The van der Waals surface area contributed by atoms with E-state index >= 15 is 0 Å². The van der Waals surface area contributed by atoms with E-state index < -0.39 is 5.82 Å². The molecular weight excluding hydrogens is 453 g/mol. The SMILES string of the molecule is Cc1cccc(-n2[nH]c(-c3ccccc3F)c(-c3ccc(NC(=O)c4ccccc4C)cc3)c2=O)c1. The first-order valence-electron chi connectivity index (χ1n) is 11.6. The summed E-state index contributed by atoms with van der Waals surface area (Å²) in [6.07, 6.45) is 0. The van der Waals surface area contributed by atoms with Gasteiger partial charge in [0, 0.05) is 16.8 Å². The number of aromatic amines is 1. The largest absolute Gasteiger partial charge is 0.322 e. The Hall–Kier alpha value is -4.71. The van der Waals surface area contributed by atoms with Crippen molar-refractivity contribution in [1.82, 2.24) is 9.78 Å². The smallest absolute Gasteiger partial charge is 0.279 e. The van der Waals surface area contributed by atoms with E-state index in [9.17, 15) is 14.0 Å². The number of rotatable bonds is 5. The monoisotopic (exact) mass is 477 g/mol. The van der Waals surface area contributed by atoms with E-state index in [1.54, 1.807) is 48.5 Å². The molecule has 178 valence electrons. The molecule has 0 aliphatic rings. The highest BCUT2D eigenvalue weighted by molar-refractivity contribution is 6.05. The van der Waals surface area contributed by atoms with Crippen molar-refractivity contribution in [2.45, 2.75) is 13.8 Å². The molecule has 0 atom stereocenters. The summed E-state index contributed by atoms with van der Waals surface area (Å²) in [6, 6.07) is 28.2. The molecule has 0 unspecified atom stereocenters. The lowest BCUT2D eigenvalue weighted by Crippen LogP contribution is -2.16. The lowest BCUT2D eigenvalue weighted by atomic mass is 10.0. The van der Waals surface area contributed by atoms with Crippen molar-refractivity contribution in [3.05, 3.63) is 130 Å². The minimum atomic E-state index is -0.432. The van der Waals surface area contributed by atoms with Crippen LogP contribution in [0.2, 0.25) is 0 Å². The molecule has 0 saturated heterocycles. The summed E-state index contributed by atoms with van der Waals surface area (Å²) < 4.78 is 16.2. The van der Waals surface area contributed by atoms with E-state index in [-0.39, 0.29) is 11.5 Å². The highest BCUT2D eigenvalue weighted by atomic mass is 19.1. The molecule has 1 amide bonds. The number of carbonyl (C=O) groups excluding carboxylic acids is 1. The van der Waals surface area contributed by atoms with Crippen LogP contribution in [0.15, 0.2) is 102 Å². The van der Waals surface area contributed by atoms with Crippen LogP contribution in [0.1, 0.15) is 21.5 Å². The van der Waals surface area contributed by atoms with Gasteiger partial charge in [0.1, 0.15) is 5.82 Å². The molecule has 0 aliphatic heterocycles. The van der Waals surface area contributed by atoms with Crippen LogP contribution in [0.4, 0.5) is 10.1 Å². The van der Waals surface area contributed by atoms with Gasteiger partial charge in [0.2, 0.25) is 0 Å². The number of H-pyrrole nitrogens is 1. The Morgan fingerprint density at radius 1 is 0.861 bits per heavy atom. The zero-order chi connectivity index (χ0) is 25.2. The van der Waals surface area contributed by atoms with E-state index in [4.69, 9.17) is 0 Å². The summed E-state index contributed by atoms with van der Waals surface area (Å²) >= 11 is 0. The van der Waals surface area contributed by atoms with Crippen molar-refractivity contribution in [2.24, 2.45) is 0 Å². The van der Waals surface area contributed by atoms with Gasteiger partial charge in [-0.2, -0.15) is 0 Å². The first kappa shape index (κ1) is 23.1. The van der Waals surface area contributed by atoms with Crippen LogP contribution in [0.5, 0.6) is 0 Å². The predicted octanol–water partition coefficient (Wildman–Crippen LogP) is 6.51. The van der Waals surface area contributed by atoms with Crippen LogP contribution in [0.25, 0.3) is 28.1 Å². The number of anilines is 1. The molecule has 5 aromatic rings. The van der Waals surface area contributed by atoms with Crippen molar-refractivity contribution < 1.29 is 9.18 Å². The zero-order valence-electron chi connectivity index (χ0n) is 19.9. The van der Waals surface area contributed by atoms with Crippen molar-refractivity contribution in [3.8, 4) is 28.1 Å². The molecule has 36 heavy (non-hydrogen) atoms. The van der Waals surface area contributed by atoms with Crippen LogP contribution < -0.4 is 10.9 Å². The molecular formula is C30H24FN3O2. The molecule has 5 rings (SSSR count). The normalized spacial score (nSPS) is 10.9. The molecule has 1 aromatic heterocycles. The third kappa shape index (κ3) is 4.36. The van der Waals surface area contributed by atoms with Gasteiger partial charge in [0.15, 0.2) is 0 Å². The Morgan fingerprint density at radius 2 is 1.58 bits per heavy atom. The van der Waals surface area contributed by atoms with Crippen molar-refractivity contribution in [3.63, 3.8) is 0 Å². The molecule has 0 radical (unpaired) electrons. The van der Waals surface area contributed by atoms with Gasteiger partial charge < -0.3 is 5.32 Å². The van der Waals surface area contributed by atoms with Gasteiger partial charge in [0.05, 0.1) is 16.9 Å². The predicted molar refractivity (Wildman–Crippen MR) is 141 cm³/mol. The minimum Gasteiger partial charge on any atom is -0.322 e. The van der Waals surface area contributed by atoms with E-state index in [1.807, 2.05) is 56.3 Å². The van der Waals surface area contributed by atoms with Crippen molar-refractivity contribution in [1.29, 1.82) is 0 Å². The number of nitrogens with one attached hydrogen (secondary N) is 2. The molecule has 5 nitrogen and oxygen atoms in total. The van der Waals surface area contributed by atoms with Gasteiger partial charge in [0.25, 0.3) is 11.5 Å². The number of benzene rings is 4. The number of hydrogen-bond acceptors (Lipinski definition) is 2. The van der Waals surface area contributed by atoms with Crippen LogP contribution in [-0.4, -0.2) is 15.7 Å². The maximum absolute atomic E-state index is 14.8. The fraction of sp³-hybridized carbons (Fsp3) is 0.0667. The van der Waals surface area contributed by atoms with Gasteiger partial charge in [-0.15, -0.1) is 0 Å². The molecule has 2 N–H and O–H groups in total. The Bertz CT molecular complexity index is 1630. The first-order valence-corrected chi connectivity index (χ1v) is 11.6. The Morgan fingerprint density at radius 3 is 2.31 bits per heavy atom. The average molecular weight is 478 g/mol. The van der Waals surface area contributed by atoms with Crippen LogP contribution in [0, 0.1) is 19.7 Å². The topological polar surface area (TPSA) is 66.9 Å². The summed E-state index contributed by atoms with van der Waals surface area (Å²) in [4.78, 5) is 26.3. The van der Waals surface area contributed by atoms with Gasteiger partial charge >= 0.3 is 0 Å². The number of aromatic nitrogens is 2. The van der Waals surface area contributed by atoms with Crippen molar-refractivity contribution in [2.75, 3.05) is 5.32 Å². The Kier molecular flexibility index (Phi) is 6.09. The second-order valence-electron chi connectivity index (χ2n) is 8.67. The highest BCUT2D eigenvalue weighted by Gasteiger charge is 2.21. The van der Waals surface area contributed by atoms with Crippen LogP contribution >= 0.6 is 0 Å². The minimum absolute atomic E-state index is 0.212. The molecule has 1 heterocycles. The number of amides is 1. The molecule has 6 heteroatoms. The quantitative estimate of drug-likeness (QED) is 0.303. The van der Waals surface area contributed by atoms with Crippen molar-refractivity contribution >= 4 is 11.6 Å². The fourth-order valence-electron chi connectivity index (χ4n) is 4.26. The molecule has 0 fully saturated rings. The zero-order valence-corrected chi connectivity index (χ0v) is 19.9. The molecule has 0 aliphatic carbocycles. The van der Waals surface area contributed by atoms with E-state index in [0.717, 1.165) is 11.1 Å². The number of nitrogens with zero attached hydrogens (tertiary/aromatic N) is 1. The first-order chi connectivity index (χ1) is 17.4. The van der Waals surface area contributed by atoms with Gasteiger partial charge in [-0.3, -0.25) is 14.7 Å². The van der Waals surface area contributed by atoms with E-state index in [1.165, 1.54) is 10.7 Å². The lowest BCUT2D eigenvalue weighted by molar-refractivity contribution is 0.102. The molecule has 0 bridgehead atoms. The van der Waals surface area contributed by atoms with E-state index in [2.05, 4.69) is 10.4 Å². The maximum Gasteiger partial charge on any atom is 0.279 e. The number of halogens is 1.